The SMILES string of the molecule is CC1=C(NCCNc2ccccc2Cl)C(C)N1C. The highest BCUT2D eigenvalue weighted by Gasteiger charge is 2.27. The van der Waals surface area contributed by atoms with E-state index in [0.717, 1.165) is 23.8 Å². The first-order valence-corrected chi connectivity index (χ1v) is 6.65. The van der Waals surface area contributed by atoms with Crippen LogP contribution in [0.25, 0.3) is 0 Å². The van der Waals surface area contributed by atoms with Gasteiger partial charge >= 0.3 is 0 Å². The van der Waals surface area contributed by atoms with Gasteiger partial charge in [0.05, 0.1) is 22.4 Å². The van der Waals surface area contributed by atoms with Gasteiger partial charge < -0.3 is 15.5 Å². The summed E-state index contributed by atoms with van der Waals surface area (Å²) in [6, 6.07) is 8.31. The Bertz CT molecular complexity index is 456. The van der Waals surface area contributed by atoms with Crippen LogP contribution in [0.5, 0.6) is 0 Å². The molecule has 3 nitrogen and oxygen atoms in total. The Morgan fingerprint density at radius 1 is 1.22 bits per heavy atom. The number of benzene rings is 1. The second kappa shape index (κ2) is 5.53. The van der Waals surface area contributed by atoms with Crippen molar-refractivity contribution in [1.82, 2.24) is 10.2 Å². The number of hydrogen-bond donors (Lipinski definition) is 2. The molecule has 2 N–H and O–H groups in total. The predicted octanol–water partition coefficient (Wildman–Crippen LogP) is 2.91. The minimum absolute atomic E-state index is 0.505. The van der Waals surface area contributed by atoms with E-state index in [0.29, 0.717) is 6.04 Å². The van der Waals surface area contributed by atoms with Gasteiger partial charge in [-0.15, -0.1) is 0 Å². The first kappa shape index (κ1) is 13.1. The van der Waals surface area contributed by atoms with Crippen molar-refractivity contribution in [1.29, 1.82) is 0 Å². The fourth-order valence-electron chi connectivity index (χ4n) is 2.18. The fraction of sp³-hybridized carbons (Fsp3) is 0.429. The number of allylic oxidation sites excluding steroid dienone is 1. The van der Waals surface area contributed by atoms with E-state index in [4.69, 9.17) is 11.6 Å². The normalized spacial score (nSPS) is 18.7. The molecule has 98 valence electrons. The van der Waals surface area contributed by atoms with Crippen LogP contribution in [0.4, 0.5) is 5.69 Å². The molecular formula is C14H20ClN3. The van der Waals surface area contributed by atoms with Crippen molar-refractivity contribution in [2.24, 2.45) is 0 Å². The summed E-state index contributed by atoms with van der Waals surface area (Å²) in [5.74, 6) is 0. The molecule has 0 aromatic heterocycles. The molecule has 0 aliphatic carbocycles. The molecule has 1 atom stereocenters. The van der Waals surface area contributed by atoms with Crippen molar-refractivity contribution in [3.8, 4) is 0 Å². The van der Waals surface area contributed by atoms with E-state index in [1.807, 2.05) is 24.3 Å². The van der Waals surface area contributed by atoms with E-state index in [9.17, 15) is 0 Å². The molecule has 1 aromatic carbocycles. The first-order chi connectivity index (χ1) is 8.61. The summed E-state index contributed by atoms with van der Waals surface area (Å²) in [5.41, 5.74) is 3.67. The topological polar surface area (TPSA) is 27.3 Å². The molecule has 2 rings (SSSR count). The van der Waals surface area contributed by atoms with Crippen molar-refractivity contribution in [3.63, 3.8) is 0 Å². The molecule has 1 heterocycles. The van der Waals surface area contributed by atoms with Gasteiger partial charge in [-0.1, -0.05) is 23.7 Å². The van der Waals surface area contributed by atoms with Gasteiger partial charge in [0, 0.05) is 25.8 Å². The Morgan fingerprint density at radius 3 is 2.56 bits per heavy atom. The fourth-order valence-corrected chi connectivity index (χ4v) is 2.39. The molecule has 0 saturated carbocycles. The van der Waals surface area contributed by atoms with E-state index in [1.165, 1.54) is 11.4 Å². The number of nitrogens with one attached hydrogen (secondary N) is 2. The lowest BCUT2D eigenvalue weighted by molar-refractivity contribution is 0.275. The van der Waals surface area contributed by atoms with Gasteiger partial charge in [-0.05, 0) is 26.0 Å². The first-order valence-electron chi connectivity index (χ1n) is 6.27. The minimum Gasteiger partial charge on any atom is -0.384 e. The largest absolute Gasteiger partial charge is 0.384 e. The van der Waals surface area contributed by atoms with Gasteiger partial charge in [0.25, 0.3) is 0 Å². The maximum absolute atomic E-state index is 6.07. The van der Waals surface area contributed by atoms with Crippen LogP contribution < -0.4 is 10.6 Å². The number of rotatable bonds is 5. The van der Waals surface area contributed by atoms with E-state index >= 15 is 0 Å². The summed E-state index contributed by atoms with van der Waals surface area (Å²) in [5, 5.41) is 7.57. The lowest BCUT2D eigenvalue weighted by Gasteiger charge is -2.41. The van der Waals surface area contributed by atoms with Crippen molar-refractivity contribution in [2.75, 3.05) is 25.5 Å². The quantitative estimate of drug-likeness (QED) is 0.802. The van der Waals surface area contributed by atoms with Crippen LogP contribution in [0.1, 0.15) is 13.8 Å². The van der Waals surface area contributed by atoms with Crippen molar-refractivity contribution < 1.29 is 0 Å². The highest BCUT2D eigenvalue weighted by Crippen LogP contribution is 2.25. The van der Waals surface area contributed by atoms with Crippen molar-refractivity contribution in [2.45, 2.75) is 19.9 Å². The summed E-state index contributed by atoms with van der Waals surface area (Å²) < 4.78 is 0. The molecular weight excluding hydrogens is 246 g/mol. The number of halogens is 1. The second-order valence-electron chi connectivity index (χ2n) is 4.62. The van der Waals surface area contributed by atoms with Crippen LogP contribution in [0.15, 0.2) is 35.7 Å². The summed E-state index contributed by atoms with van der Waals surface area (Å²) in [7, 11) is 2.12. The van der Waals surface area contributed by atoms with Crippen LogP contribution in [0.2, 0.25) is 5.02 Å². The van der Waals surface area contributed by atoms with Gasteiger partial charge in [0.1, 0.15) is 0 Å². The maximum atomic E-state index is 6.07. The number of anilines is 1. The highest BCUT2D eigenvalue weighted by molar-refractivity contribution is 6.33. The third-order valence-corrected chi connectivity index (χ3v) is 3.88. The molecule has 1 aliphatic heterocycles. The standard InChI is InChI=1S/C14H20ClN3/c1-10-14(11(2)18(10)3)17-9-8-16-13-7-5-4-6-12(13)15/h4-7,10,16-17H,8-9H2,1-3H3. The van der Waals surface area contributed by atoms with Crippen LogP contribution >= 0.6 is 11.6 Å². The Morgan fingerprint density at radius 2 is 1.89 bits per heavy atom. The molecule has 18 heavy (non-hydrogen) atoms. The molecule has 1 unspecified atom stereocenters. The number of likely N-dealkylation sites (N-methyl/N-ethyl adjacent to an activating group) is 1. The van der Waals surface area contributed by atoms with Gasteiger partial charge in [0.2, 0.25) is 0 Å². The molecule has 0 bridgehead atoms. The number of hydrogen-bond acceptors (Lipinski definition) is 3. The molecule has 0 spiro atoms. The van der Waals surface area contributed by atoms with Crippen molar-refractivity contribution in [3.05, 3.63) is 40.7 Å². The zero-order chi connectivity index (χ0) is 13.1. The average Bonchev–Trinajstić information content (AvgIpc) is 2.39. The average molecular weight is 266 g/mol. The third kappa shape index (κ3) is 2.56. The lowest BCUT2D eigenvalue weighted by atomic mass is 10.0. The smallest absolute Gasteiger partial charge is 0.0672 e. The van der Waals surface area contributed by atoms with E-state index in [2.05, 4.69) is 36.4 Å². The molecule has 1 aromatic rings. The Kier molecular flexibility index (Phi) is 4.02. The molecule has 1 aliphatic rings. The Labute approximate surface area is 114 Å². The van der Waals surface area contributed by atoms with Gasteiger partial charge in [-0.25, -0.2) is 0 Å². The molecule has 4 heteroatoms. The minimum atomic E-state index is 0.505. The van der Waals surface area contributed by atoms with E-state index < -0.39 is 0 Å². The van der Waals surface area contributed by atoms with Gasteiger partial charge in [-0.2, -0.15) is 0 Å². The summed E-state index contributed by atoms with van der Waals surface area (Å²) >= 11 is 6.07. The van der Waals surface area contributed by atoms with Crippen LogP contribution in [-0.2, 0) is 0 Å². The van der Waals surface area contributed by atoms with Crippen LogP contribution in [0.3, 0.4) is 0 Å². The molecule has 0 fully saturated rings. The molecule has 0 radical (unpaired) electrons. The second-order valence-corrected chi connectivity index (χ2v) is 5.03. The molecule has 0 saturated heterocycles. The number of para-hydroxylation sites is 1. The summed E-state index contributed by atoms with van der Waals surface area (Å²) in [6.07, 6.45) is 0. The monoisotopic (exact) mass is 265 g/mol. The highest BCUT2D eigenvalue weighted by atomic mass is 35.5. The summed E-state index contributed by atoms with van der Waals surface area (Å²) in [4.78, 5) is 2.27. The maximum Gasteiger partial charge on any atom is 0.0672 e. The van der Waals surface area contributed by atoms with E-state index in [1.54, 1.807) is 0 Å². The van der Waals surface area contributed by atoms with Gasteiger partial charge in [0.15, 0.2) is 0 Å². The van der Waals surface area contributed by atoms with Crippen molar-refractivity contribution >= 4 is 17.3 Å². The van der Waals surface area contributed by atoms with E-state index in [-0.39, 0.29) is 0 Å². The number of nitrogens with zero attached hydrogens (tertiary/aromatic N) is 1. The summed E-state index contributed by atoms with van der Waals surface area (Å²) in [6.45, 7) is 6.10. The van der Waals surface area contributed by atoms with Crippen LogP contribution in [-0.4, -0.2) is 31.1 Å². The lowest BCUT2D eigenvalue weighted by Crippen LogP contribution is -2.46. The van der Waals surface area contributed by atoms with Gasteiger partial charge in [-0.3, -0.25) is 0 Å². The van der Waals surface area contributed by atoms with Crippen LogP contribution in [0, 0.1) is 0 Å². The zero-order valence-corrected chi connectivity index (χ0v) is 11.9. The zero-order valence-electron chi connectivity index (χ0n) is 11.1. The third-order valence-electron chi connectivity index (χ3n) is 3.55. The Hall–Kier alpha value is -1.35. The Balaban J connectivity index is 1.76. The predicted molar refractivity (Wildman–Crippen MR) is 77.9 cm³/mol. The molecule has 0 amide bonds.